The standard InChI is InChI=1S/C28H29F4N7O/c29-21-7-5-19(6-8-21)23-4-2-1-3-20(23)16-38-18-35-15-24(38)26(40)36-11-9-22(10-12-36)37-13-14-39(25(33)17-37)27(34)28(30,31)32/h1-8,15,18,22,33-34H,9-14,16-17H2. The van der Waals surface area contributed by atoms with Gasteiger partial charge in [-0.2, -0.15) is 13.2 Å². The lowest BCUT2D eigenvalue weighted by Crippen LogP contribution is -2.58. The number of nitrogens with one attached hydrogen (secondary N) is 2. The molecule has 0 bridgehead atoms. The molecule has 40 heavy (non-hydrogen) atoms. The summed E-state index contributed by atoms with van der Waals surface area (Å²) < 4.78 is 54.0. The summed E-state index contributed by atoms with van der Waals surface area (Å²) in [6.07, 6.45) is -0.347. The van der Waals surface area contributed by atoms with Crippen LogP contribution in [0.1, 0.15) is 28.9 Å². The van der Waals surface area contributed by atoms with Crippen LogP contribution in [0.2, 0.25) is 0 Å². The van der Waals surface area contributed by atoms with Crippen LogP contribution in [0.5, 0.6) is 0 Å². The molecule has 2 N–H and O–H groups in total. The predicted octanol–water partition coefficient (Wildman–Crippen LogP) is 4.48. The highest BCUT2D eigenvalue weighted by molar-refractivity contribution is 6.01. The van der Waals surface area contributed by atoms with Crippen molar-refractivity contribution in [1.82, 2.24) is 24.3 Å². The van der Waals surface area contributed by atoms with E-state index in [9.17, 15) is 22.4 Å². The van der Waals surface area contributed by atoms with E-state index in [1.165, 1.54) is 12.1 Å². The first kappa shape index (κ1) is 27.5. The minimum Gasteiger partial charge on any atom is -0.337 e. The number of carbonyl (C=O) groups is 1. The van der Waals surface area contributed by atoms with E-state index in [1.54, 1.807) is 34.1 Å². The molecule has 1 aromatic heterocycles. The van der Waals surface area contributed by atoms with Gasteiger partial charge in [0.25, 0.3) is 5.91 Å². The van der Waals surface area contributed by atoms with Crippen molar-refractivity contribution in [2.75, 3.05) is 32.7 Å². The normalized spacial score (nSPS) is 17.4. The molecule has 3 aromatic rings. The van der Waals surface area contributed by atoms with E-state index in [-0.39, 0.29) is 36.7 Å². The SMILES string of the molecule is N=C1CN(C2CCN(C(=O)c3cncn3Cc3ccccc3-c3ccc(F)cc3)CC2)CCN1C(=N)C(F)(F)F. The van der Waals surface area contributed by atoms with Gasteiger partial charge in [-0.05, 0) is 41.7 Å². The van der Waals surface area contributed by atoms with E-state index in [0.29, 0.717) is 49.6 Å². The highest BCUT2D eigenvalue weighted by atomic mass is 19.4. The number of alkyl halides is 3. The number of halogens is 4. The number of piperidine rings is 1. The Bertz CT molecular complexity index is 1390. The van der Waals surface area contributed by atoms with Crippen molar-refractivity contribution in [2.24, 2.45) is 0 Å². The minimum absolute atomic E-state index is 0.0390. The fraction of sp³-hybridized carbons (Fsp3) is 0.357. The van der Waals surface area contributed by atoms with Gasteiger partial charge in [0.15, 0.2) is 0 Å². The lowest BCUT2D eigenvalue weighted by atomic mass is 9.99. The van der Waals surface area contributed by atoms with E-state index in [2.05, 4.69) is 4.98 Å². The molecule has 2 aliphatic rings. The molecule has 2 aliphatic heterocycles. The Morgan fingerprint density at radius 1 is 1.00 bits per heavy atom. The second-order valence-corrected chi connectivity index (χ2v) is 10.0. The fourth-order valence-corrected chi connectivity index (χ4v) is 5.41. The average Bonchev–Trinajstić information content (AvgIpc) is 3.41. The predicted molar refractivity (Wildman–Crippen MR) is 142 cm³/mol. The van der Waals surface area contributed by atoms with Crippen LogP contribution in [0, 0.1) is 16.6 Å². The molecule has 0 atom stereocenters. The van der Waals surface area contributed by atoms with Gasteiger partial charge in [0.2, 0.25) is 5.84 Å². The Hall–Kier alpha value is -4.06. The summed E-state index contributed by atoms with van der Waals surface area (Å²) >= 11 is 0. The van der Waals surface area contributed by atoms with Crippen LogP contribution in [0.15, 0.2) is 61.1 Å². The molecule has 0 spiro atoms. The van der Waals surface area contributed by atoms with Gasteiger partial charge in [-0.3, -0.25) is 20.5 Å². The number of amidine groups is 2. The second-order valence-electron chi connectivity index (χ2n) is 10.0. The molecule has 8 nitrogen and oxygen atoms in total. The summed E-state index contributed by atoms with van der Waals surface area (Å²) in [5, 5.41) is 15.4. The second kappa shape index (κ2) is 11.2. The fourth-order valence-electron chi connectivity index (χ4n) is 5.41. The van der Waals surface area contributed by atoms with Crippen molar-refractivity contribution in [3.63, 3.8) is 0 Å². The van der Waals surface area contributed by atoms with E-state index in [1.807, 2.05) is 29.2 Å². The van der Waals surface area contributed by atoms with Crippen LogP contribution in [0.25, 0.3) is 11.1 Å². The van der Waals surface area contributed by atoms with E-state index >= 15 is 0 Å². The Labute approximate surface area is 228 Å². The maximum atomic E-state index is 13.5. The molecule has 2 aromatic carbocycles. The number of benzene rings is 2. The number of rotatable bonds is 5. The van der Waals surface area contributed by atoms with Crippen LogP contribution >= 0.6 is 0 Å². The molecule has 5 rings (SSSR count). The summed E-state index contributed by atoms with van der Waals surface area (Å²) in [6, 6.07) is 14.1. The molecule has 2 saturated heterocycles. The Morgan fingerprint density at radius 2 is 1.70 bits per heavy atom. The molecule has 12 heteroatoms. The summed E-state index contributed by atoms with van der Waals surface area (Å²) in [6.45, 7) is 1.66. The minimum atomic E-state index is -4.78. The first-order valence-electron chi connectivity index (χ1n) is 13.0. The van der Waals surface area contributed by atoms with Gasteiger partial charge in [-0.1, -0.05) is 36.4 Å². The highest BCUT2D eigenvalue weighted by Gasteiger charge is 2.42. The van der Waals surface area contributed by atoms with Gasteiger partial charge < -0.3 is 14.4 Å². The van der Waals surface area contributed by atoms with Gasteiger partial charge in [0.1, 0.15) is 17.3 Å². The number of likely N-dealkylation sites (tertiary alicyclic amines) is 1. The molecule has 0 unspecified atom stereocenters. The van der Waals surface area contributed by atoms with Crippen LogP contribution < -0.4 is 0 Å². The van der Waals surface area contributed by atoms with Gasteiger partial charge in [-0.15, -0.1) is 0 Å². The lowest BCUT2D eigenvalue weighted by Gasteiger charge is -2.43. The smallest absolute Gasteiger partial charge is 0.337 e. The van der Waals surface area contributed by atoms with E-state index in [4.69, 9.17) is 10.8 Å². The Kier molecular flexibility index (Phi) is 7.70. The molecule has 0 aliphatic carbocycles. The quantitative estimate of drug-likeness (QED) is 0.276. The van der Waals surface area contributed by atoms with Gasteiger partial charge in [0, 0.05) is 38.8 Å². The van der Waals surface area contributed by atoms with Crippen LogP contribution in [0.4, 0.5) is 17.6 Å². The number of hydrogen-bond acceptors (Lipinski definition) is 5. The number of piperazine rings is 1. The number of aromatic nitrogens is 2. The maximum absolute atomic E-state index is 13.5. The van der Waals surface area contributed by atoms with E-state index in [0.717, 1.165) is 16.7 Å². The van der Waals surface area contributed by atoms with Crippen molar-refractivity contribution in [3.05, 3.63) is 78.1 Å². The zero-order chi connectivity index (χ0) is 28.4. The summed E-state index contributed by atoms with van der Waals surface area (Å²) in [5.41, 5.74) is 3.22. The Balaban J connectivity index is 1.21. The van der Waals surface area contributed by atoms with Gasteiger partial charge in [-0.25, -0.2) is 9.37 Å². The molecule has 0 saturated carbocycles. The number of nitrogens with zero attached hydrogens (tertiary/aromatic N) is 5. The molecule has 2 fully saturated rings. The van der Waals surface area contributed by atoms with Crippen molar-refractivity contribution >= 4 is 17.6 Å². The topological polar surface area (TPSA) is 92.3 Å². The van der Waals surface area contributed by atoms with Crippen molar-refractivity contribution in [2.45, 2.75) is 31.6 Å². The number of carbonyl (C=O) groups excluding carboxylic acids is 1. The van der Waals surface area contributed by atoms with Crippen LogP contribution in [0.3, 0.4) is 0 Å². The molecular weight excluding hydrogens is 526 g/mol. The summed E-state index contributed by atoms with van der Waals surface area (Å²) in [5.74, 6) is -2.20. The first-order chi connectivity index (χ1) is 19.1. The lowest BCUT2D eigenvalue weighted by molar-refractivity contribution is -0.0679. The van der Waals surface area contributed by atoms with Crippen LogP contribution in [-0.2, 0) is 6.54 Å². The zero-order valence-corrected chi connectivity index (χ0v) is 21.7. The molecule has 0 radical (unpaired) electrons. The molecular formula is C28H29F4N7O. The van der Waals surface area contributed by atoms with Gasteiger partial charge >= 0.3 is 6.18 Å². The highest BCUT2D eigenvalue weighted by Crippen LogP contribution is 2.27. The summed E-state index contributed by atoms with van der Waals surface area (Å²) in [4.78, 5) is 22.1. The molecule has 1 amide bonds. The van der Waals surface area contributed by atoms with Gasteiger partial charge in [0.05, 0.1) is 19.1 Å². The third-order valence-electron chi connectivity index (χ3n) is 7.54. The number of amides is 1. The summed E-state index contributed by atoms with van der Waals surface area (Å²) in [7, 11) is 0. The largest absolute Gasteiger partial charge is 0.449 e. The van der Waals surface area contributed by atoms with Crippen LogP contribution in [-0.4, -0.2) is 86.8 Å². The zero-order valence-electron chi connectivity index (χ0n) is 21.7. The van der Waals surface area contributed by atoms with Crippen molar-refractivity contribution in [1.29, 1.82) is 10.8 Å². The maximum Gasteiger partial charge on any atom is 0.449 e. The first-order valence-corrected chi connectivity index (χ1v) is 13.0. The van der Waals surface area contributed by atoms with E-state index < -0.39 is 12.0 Å². The average molecular weight is 556 g/mol. The Morgan fingerprint density at radius 3 is 2.38 bits per heavy atom. The number of hydrogen-bond donors (Lipinski definition) is 2. The third-order valence-corrected chi connectivity index (χ3v) is 7.54. The number of imidazole rings is 1. The molecule has 210 valence electrons. The monoisotopic (exact) mass is 555 g/mol. The molecule has 3 heterocycles. The van der Waals surface area contributed by atoms with Crippen molar-refractivity contribution in [3.8, 4) is 11.1 Å². The third kappa shape index (κ3) is 5.76. The van der Waals surface area contributed by atoms with Crippen molar-refractivity contribution < 1.29 is 22.4 Å².